The Labute approximate surface area is 188 Å². The molecule has 0 aliphatic carbocycles. The van der Waals surface area contributed by atoms with Crippen LogP contribution in [0, 0.1) is 0 Å². The molecule has 0 atom stereocenters. The molecule has 0 saturated carbocycles. The molecule has 0 spiro atoms. The number of ether oxygens (including phenoxy) is 1. The Hall–Kier alpha value is -3.39. The Morgan fingerprint density at radius 3 is 2.39 bits per heavy atom. The second-order valence-corrected chi connectivity index (χ2v) is 7.46. The number of carbonyl (C=O) groups excluding carboxylic acids is 3. The first kappa shape index (κ1) is 22.3. The minimum Gasteiger partial charge on any atom is -0.465 e. The van der Waals surface area contributed by atoms with Crippen molar-refractivity contribution in [1.82, 2.24) is 5.32 Å². The number of anilines is 1. The molecule has 0 saturated heterocycles. The molecule has 0 unspecified atom stereocenters. The number of hydrogen-bond acceptors (Lipinski definition) is 5. The van der Waals surface area contributed by atoms with Crippen molar-refractivity contribution in [3.63, 3.8) is 0 Å². The highest BCUT2D eigenvalue weighted by Crippen LogP contribution is 2.23. The van der Waals surface area contributed by atoms with E-state index >= 15 is 0 Å². The van der Waals surface area contributed by atoms with Crippen molar-refractivity contribution < 1.29 is 23.5 Å². The van der Waals surface area contributed by atoms with Crippen molar-refractivity contribution in [2.75, 3.05) is 25.6 Å². The number of nitrogens with one attached hydrogen (secondary N) is 1. The first-order valence-corrected chi connectivity index (χ1v) is 10.3. The van der Waals surface area contributed by atoms with Gasteiger partial charge in [-0.1, -0.05) is 24.3 Å². The first-order valence-electron chi connectivity index (χ1n) is 9.48. The van der Waals surface area contributed by atoms with Gasteiger partial charge < -0.3 is 19.4 Å². The van der Waals surface area contributed by atoms with Crippen LogP contribution in [0.3, 0.4) is 0 Å². The van der Waals surface area contributed by atoms with Gasteiger partial charge in [0.25, 0.3) is 11.8 Å². The van der Waals surface area contributed by atoms with E-state index in [0.717, 1.165) is 5.56 Å². The largest absolute Gasteiger partial charge is 0.465 e. The van der Waals surface area contributed by atoms with Gasteiger partial charge in [-0.25, -0.2) is 4.79 Å². The van der Waals surface area contributed by atoms with Crippen LogP contribution in [0.25, 0.3) is 0 Å². The summed E-state index contributed by atoms with van der Waals surface area (Å²) in [7, 11) is 2.93. The van der Waals surface area contributed by atoms with E-state index in [1.54, 1.807) is 55.6 Å². The predicted molar refractivity (Wildman–Crippen MR) is 119 cm³/mol. The summed E-state index contributed by atoms with van der Waals surface area (Å²) in [5.41, 5.74) is 2.29. The molecule has 0 radical (unpaired) electrons. The molecule has 160 valence electrons. The summed E-state index contributed by atoms with van der Waals surface area (Å²) in [6.07, 6.45) is 0.588. The van der Waals surface area contributed by atoms with Crippen LogP contribution in [-0.2, 0) is 11.2 Å². The third kappa shape index (κ3) is 5.40. The lowest BCUT2D eigenvalue weighted by molar-refractivity contribution is 0.0600. The number of amides is 2. The molecule has 7 nitrogen and oxygen atoms in total. The van der Waals surface area contributed by atoms with Gasteiger partial charge in [0.15, 0.2) is 10.4 Å². The summed E-state index contributed by atoms with van der Waals surface area (Å²) < 4.78 is 10.5. The topological polar surface area (TPSA) is 88.9 Å². The molecule has 3 aromatic rings. The van der Waals surface area contributed by atoms with E-state index in [-0.39, 0.29) is 17.6 Å². The number of rotatable bonds is 7. The molecule has 1 heterocycles. The molecule has 0 aliphatic heterocycles. The molecule has 0 bridgehead atoms. The Balaban J connectivity index is 1.64. The maximum Gasteiger partial charge on any atom is 0.337 e. The summed E-state index contributed by atoms with van der Waals surface area (Å²) in [6.45, 7) is 0.396. The highest BCUT2D eigenvalue weighted by molar-refractivity contribution is 9.10. The van der Waals surface area contributed by atoms with Gasteiger partial charge in [-0.2, -0.15) is 0 Å². The number of hydrogen-bond donors (Lipinski definition) is 1. The summed E-state index contributed by atoms with van der Waals surface area (Å²) in [5, 5.41) is 2.87. The van der Waals surface area contributed by atoms with Gasteiger partial charge in [-0.15, -0.1) is 0 Å². The molecule has 2 amide bonds. The van der Waals surface area contributed by atoms with Gasteiger partial charge in [0.05, 0.1) is 23.9 Å². The van der Waals surface area contributed by atoms with Crippen LogP contribution in [0.5, 0.6) is 0 Å². The summed E-state index contributed by atoms with van der Waals surface area (Å²) in [4.78, 5) is 38.3. The third-order valence-electron chi connectivity index (χ3n) is 4.67. The van der Waals surface area contributed by atoms with Crippen LogP contribution in [0.4, 0.5) is 5.69 Å². The number of carbonyl (C=O) groups is 3. The monoisotopic (exact) mass is 484 g/mol. The lowest BCUT2D eigenvalue weighted by Gasteiger charge is -2.19. The maximum atomic E-state index is 12.8. The predicted octanol–water partition coefficient (Wildman–Crippen LogP) is 4.08. The minimum atomic E-state index is -0.392. The van der Waals surface area contributed by atoms with Crippen LogP contribution in [0.2, 0.25) is 0 Å². The number of methoxy groups -OCH3 is 1. The zero-order valence-corrected chi connectivity index (χ0v) is 18.6. The van der Waals surface area contributed by atoms with Gasteiger partial charge in [0, 0.05) is 13.6 Å². The van der Waals surface area contributed by atoms with E-state index in [9.17, 15) is 14.4 Å². The summed E-state index contributed by atoms with van der Waals surface area (Å²) in [5.74, 6) is -0.879. The van der Waals surface area contributed by atoms with Crippen molar-refractivity contribution in [2.24, 2.45) is 0 Å². The molecule has 1 aromatic heterocycles. The molecule has 0 fully saturated rings. The van der Waals surface area contributed by atoms with Gasteiger partial charge in [-0.05, 0) is 64.3 Å². The lowest BCUT2D eigenvalue weighted by atomic mass is 10.1. The Bertz CT molecular complexity index is 1090. The number of nitrogens with zero attached hydrogens (tertiary/aromatic N) is 1. The van der Waals surface area contributed by atoms with Gasteiger partial charge >= 0.3 is 5.97 Å². The Morgan fingerprint density at radius 2 is 1.74 bits per heavy atom. The average molecular weight is 485 g/mol. The fraction of sp³-hybridized carbons (Fsp3) is 0.174. The van der Waals surface area contributed by atoms with Gasteiger partial charge in [-0.3, -0.25) is 9.59 Å². The van der Waals surface area contributed by atoms with Crippen LogP contribution in [0.15, 0.2) is 69.8 Å². The molecule has 0 aliphatic rings. The van der Waals surface area contributed by atoms with E-state index in [0.29, 0.717) is 34.4 Å². The van der Waals surface area contributed by atoms with E-state index < -0.39 is 5.97 Å². The lowest BCUT2D eigenvalue weighted by Crippen LogP contribution is -2.31. The molecule has 1 N–H and O–H groups in total. The Kier molecular flexibility index (Phi) is 7.25. The van der Waals surface area contributed by atoms with E-state index in [1.807, 2.05) is 12.1 Å². The smallest absolute Gasteiger partial charge is 0.337 e. The van der Waals surface area contributed by atoms with Crippen molar-refractivity contribution in [2.45, 2.75) is 6.42 Å². The zero-order chi connectivity index (χ0) is 22.4. The Morgan fingerprint density at radius 1 is 1.03 bits per heavy atom. The molecule has 31 heavy (non-hydrogen) atoms. The van der Waals surface area contributed by atoms with Gasteiger partial charge in [0.2, 0.25) is 0 Å². The molecular formula is C23H21BrN2O5. The van der Waals surface area contributed by atoms with Crippen LogP contribution >= 0.6 is 15.9 Å². The van der Waals surface area contributed by atoms with Gasteiger partial charge in [0.1, 0.15) is 0 Å². The second-order valence-electron chi connectivity index (χ2n) is 6.68. The molecule has 2 aromatic carbocycles. The number of para-hydroxylation sites is 1. The van der Waals surface area contributed by atoms with Crippen LogP contribution in [0.1, 0.15) is 36.8 Å². The van der Waals surface area contributed by atoms with Crippen molar-refractivity contribution in [3.05, 3.63) is 87.8 Å². The van der Waals surface area contributed by atoms with Crippen molar-refractivity contribution in [1.29, 1.82) is 0 Å². The second kappa shape index (κ2) is 10.1. The highest BCUT2D eigenvalue weighted by Gasteiger charge is 2.21. The third-order valence-corrected chi connectivity index (χ3v) is 5.10. The summed E-state index contributed by atoms with van der Waals surface area (Å²) in [6, 6.07) is 17.1. The molecule has 3 rings (SSSR count). The quantitative estimate of drug-likeness (QED) is 0.510. The van der Waals surface area contributed by atoms with E-state index in [2.05, 4.69) is 26.0 Å². The standard InChI is InChI=1S/C23H21BrN2O5/c1-26(22(28)19-11-12-20(24)31-19)18-6-4-3-5-17(18)21(27)25-14-13-15-7-9-16(10-8-15)23(29)30-2/h3-12H,13-14H2,1-2H3,(H,25,27). The molecule has 8 heteroatoms. The number of esters is 1. The van der Waals surface area contributed by atoms with Crippen molar-refractivity contribution in [3.8, 4) is 0 Å². The normalized spacial score (nSPS) is 10.4. The van der Waals surface area contributed by atoms with Crippen LogP contribution in [-0.4, -0.2) is 38.5 Å². The highest BCUT2D eigenvalue weighted by atomic mass is 79.9. The zero-order valence-electron chi connectivity index (χ0n) is 17.1. The molecular weight excluding hydrogens is 464 g/mol. The SMILES string of the molecule is COC(=O)c1ccc(CCNC(=O)c2ccccc2N(C)C(=O)c2ccc(Br)o2)cc1. The minimum absolute atomic E-state index is 0.167. The number of halogens is 1. The summed E-state index contributed by atoms with van der Waals surface area (Å²) >= 11 is 3.18. The fourth-order valence-corrected chi connectivity index (χ4v) is 3.31. The van der Waals surface area contributed by atoms with Crippen LogP contribution < -0.4 is 10.2 Å². The van der Waals surface area contributed by atoms with E-state index in [1.165, 1.54) is 12.0 Å². The fourth-order valence-electron chi connectivity index (χ4n) is 3.00. The number of furan rings is 1. The van der Waals surface area contributed by atoms with E-state index in [4.69, 9.17) is 4.42 Å². The maximum absolute atomic E-state index is 12.8. The first-order chi connectivity index (χ1) is 14.9. The average Bonchev–Trinajstić information content (AvgIpc) is 3.24. The van der Waals surface area contributed by atoms with Crippen molar-refractivity contribution >= 4 is 39.4 Å². The number of benzene rings is 2.